The Morgan fingerprint density at radius 3 is 2.85 bits per heavy atom. The van der Waals surface area contributed by atoms with Crippen LogP contribution in [0.25, 0.3) is 0 Å². The molecule has 1 amide bonds. The van der Waals surface area contributed by atoms with Gasteiger partial charge in [0.15, 0.2) is 0 Å². The maximum absolute atomic E-state index is 11.3. The van der Waals surface area contributed by atoms with Gasteiger partial charge in [0.1, 0.15) is 6.04 Å². The number of hydrogen-bond acceptors (Lipinski definition) is 3. The number of likely N-dealkylation sites (tertiary alicyclic amines) is 1. The fourth-order valence-corrected chi connectivity index (χ4v) is 2.04. The second-order valence-electron chi connectivity index (χ2n) is 3.45. The first-order valence-corrected chi connectivity index (χ1v) is 4.18. The maximum atomic E-state index is 11.3. The monoisotopic (exact) mass is 201 g/mol. The van der Waals surface area contributed by atoms with E-state index in [2.05, 4.69) is 6.07 Å². The van der Waals surface area contributed by atoms with Crippen LogP contribution in [0.4, 0.5) is 0 Å². The predicted octanol–water partition coefficient (Wildman–Crippen LogP) is -0.120. The van der Waals surface area contributed by atoms with Gasteiger partial charge in [-0.15, -0.1) is 12.4 Å². The van der Waals surface area contributed by atoms with Gasteiger partial charge >= 0.3 is 0 Å². The predicted molar refractivity (Wildman–Crippen MR) is 49.1 cm³/mol. The van der Waals surface area contributed by atoms with Gasteiger partial charge in [-0.05, 0) is 18.8 Å². The van der Waals surface area contributed by atoms with E-state index in [1.807, 2.05) is 0 Å². The molecule has 1 aliphatic heterocycles. The lowest BCUT2D eigenvalue weighted by atomic mass is 10.2. The standard InChI is InChI=1S/C8H11N3O.ClH/c9-3-6-1-5-2-7(5)11(6)8(12)4-10;/h5-7H,1-2,4,10H2;1H/t5-,6+,7+;/m1./s1. The van der Waals surface area contributed by atoms with Crippen LogP contribution < -0.4 is 5.73 Å². The smallest absolute Gasteiger partial charge is 0.237 e. The molecule has 4 nitrogen and oxygen atoms in total. The molecule has 0 radical (unpaired) electrons. The van der Waals surface area contributed by atoms with Crippen LogP contribution in [0.5, 0.6) is 0 Å². The minimum Gasteiger partial charge on any atom is -0.322 e. The third-order valence-corrected chi connectivity index (χ3v) is 2.72. The van der Waals surface area contributed by atoms with Crippen LogP contribution >= 0.6 is 12.4 Å². The molecular weight excluding hydrogens is 190 g/mol. The lowest BCUT2D eigenvalue weighted by Gasteiger charge is -2.21. The lowest BCUT2D eigenvalue weighted by molar-refractivity contribution is -0.130. The first-order chi connectivity index (χ1) is 5.77. The molecule has 1 heterocycles. The summed E-state index contributed by atoms with van der Waals surface area (Å²) in [5, 5.41) is 8.73. The number of halogens is 1. The summed E-state index contributed by atoms with van der Waals surface area (Å²) in [7, 11) is 0. The lowest BCUT2D eigenvalue weighted by Crippen LogP contribution is -2.41. The number of carbonyl (C=O) groups excluding carboxylic acids is 1. The van der Waals surface area contributed by atoms with Gasteiger partial charge in [-0.1, -0.05) is 0 Å². The summed E-state index contributed by atoms with van der Waals surface area (Å²) in [5.41, 5.74) is 5.25. The van der Waals surface area contributed by atoms with E-state index in [0.717, 1.165) is 12.8 Å². The van der Waals surface area contributed by atoms with Crippen molar-refractivity contribution in [2.45, 2.75) is 24.9 Å². The fourth-order valence-electron chi connectivity index (χ4n) is 2.04. The average molecular weight is 202 g/mol. The van der Waals surface area contributed by atoms with E-state index < -0.39 is 0 Å². The van der Waals surface area contributed by atoms with Gasteiger partial charge in [0.25, 0.3) is 0 Å². The number of nitrogens with two attached hydrogens (primary N) is 1. The van der Waals surface area contributed by atoms with E-state index in [1.54, 1.807) is 4.90 Å². The van der Waals surface area contributed by atoms with E-state index in [-0.39, 0.29) is 30.9 Å². The normalized spacial score (nSPS) is 34.5. The van der Waals surface area contributed by atoms with Crippen LogP contribution in [0.3, 0.4) is 0 Å². The van der Waals surface area contributed by atoms with Crippen molar-refractivity contribution in [1.29, 1.82) is 5.26 Å². The molecule has 0 aromatic heterocycles. The number of nitriles is 1. The molecule has 1 saturated heterocycles. The summed E-state index contributed by atoms with van der Waals surface area (Å²) in [6.07, 6.45) is 1.93. The zero-order valence-corrected chi connectivity index (χ0v) is 7.96. The molecule has 0 spiro atoms. The van der Waals surface area contributed by atoms with Gasteiger partial charge in [-0.25, -0.2) is 0 Å². The van der Waals surface area contributed by atoms with E-state index in [9.17, 15) is 4.79 Å². The van der Waals surface area contributed by atoms with Crippen molar-refractivity contribution in [1.82, 2.24) is 4.90 Å². The van der Waals surface area contributed by atoms with Crippen LogP contribution in [0.15, 0.2) is 0 Å². The van der Waals surface area contributed by atoms with Gasteiger partial charge in [-0.2, -0.15) is 5.26 Å². The average Bonchev–Trinajstić information content (AvgIpc) is 2.76. The number of piperidine rings is 1. The molecule has 0 aromatic carbocycles. The Labute approximate surface area is 83.1 Å². The molecule has 0 bridgehead atoms. The number of carbonyl (C=O) groups is 1. The third-order valence-electron chi connectivity index (χ3n) is 2.72. The highest BCUT2D eigenvalue weighted by Gasteiger charge is 2.53. The molecular formula is C8H12ClN3O. The van der Waals surface area contributed by atoms with Gasteiger partial charge in [-0.3, -0.25) is 4.79 Å². The van der Waals surface area contributed by atoms with E-state index in [4.69, 9.17) is 11.0 Å². The summed E-state index contributed by atoms with van der Waals surface area (Å²) in [4.78, 5) is 12.9. The van der Waals surface area contributed by atoms with Gasteiger partial charge in [0.05, 0.1) is 12.6 Å². The Morgan fingerprint density at radius 1 is 1.62 bits per heavy atom. The molecule has 1 saturated carbocycles. The largest absolute Gasteiger partial charge is 0.322 e. The minimum absolute atomic E-state index is 0. The summed E-state index contributed by atoms with van der Waals surface area (Å²) in [6, 6.07) is 2.27. The first kappa shape index (κ1) is 10.3. The minimum atomic E-state index is -0.204. The van der Waals surface area contributed by atoms with Crippen molar-refractivity contribution < 1.29 is 4.79 Å². The first-order valence-electron chi connectivity index (χ1n) is 4.18. The van der Waals surface area contributed by atoms with Crippen molar-refractivity contribution >= 4 is 18.3 Å². The molecule has 1 aliphatic carbocycles. The Balaban J connectivity index is 0.000000845. The van der Waals surface area contributed by atoms with Crippen LogP contribution in [-0.4, -0.2) is 29.4 Å². The van der Waals surface area contributed by atoms with Gasteiger partial charge in [0.2, 0.25) is 5.91 Å². The molecule has 0 unspecified atom stereocenters. The zero-order valence-electron chi connectivity index (χ0n) is 7.14. The molecule has 2 rings (SSSR count). The molecule has 5 heteroatoms. The Hall–Kier alpha value is -0.790. The summed E-state index contributed by atoms with van der Waals surface area (Å²) in [5.74, 6) is 0.511. The molecule has 72 valence electrons. The topological polar surface area (TPSA) is 70.1 Å². The van der Waals surface area contributed by atoms with Gasteiger partial charge in [0, 0.05) is 6.04 Å². The summed E-state index contributed by atoms with van der Waals surface area (Å²) < 4.78 is 0. The molecule has 13 heavy (non-hydrogen) atoms. The Morgan fingerprint density at radius 2 is 2.31 bits per heavy atom. The van der Waals surface area contributed by atoms with Crippen LogP contribution in [0.1, 0.15) is 12.8 Å². The summed E-state index contributed by atoms with van der Waals surface area (Å²) in [6.45, 7) is 0.0292. The van der Waals surface area contributed by atoms with Crippen LogP contribution in [0.2, 0.25) is 0 Å². The SMILES string of the molecule is Cl.N#C[C@@H]1C[C@@H]2C[C@@H]2N1C(=O)CN. The summed E-state index contributed by atoms with van der Waals surface area (Å²) >= 11 is 0. The highest BCUT2D eigenvalue weighted by molar-refractivity contribution is 5.85. The fraction of sp³-hybridized carbons (Fsp3) is 0.750. The maximum Gasteiger partial charge on any atom is 0.237 e. The highest BCUT2D eigenvalue weighted by Crippen LogP contribution is 2.47. The molecule has 0 aromatic rings. The van der Waals surface area contributed by atoms with Crippen molar-refractivity contribution in [2.24, 2.45) is 11.7 Å². The number of hydrogen-bond donors (Lipinski definition) is 1. The molecule has 3 atom stereocenters. The second-order valence-corrected chi connectivity index (χ2v) is 3.45. The number of amides is 1. The van der Waals surface area contributed by atoms with Crippen molar-refractivity contribution in [3.8, 4) is 6.07 Å². The quantitative estimate of drug-likeness (QED) is 0.643. The van der Waals surface area contributed by atoms with Crippen molar-refractivity contribution in [2.75, 3.05) is 6.54 Å². The Bertz CT molecular complexity index is 263. The number of fused-ring (bicyclic) bond motifs is 1. The third kappa shape index (κ3) is 1.50. The van der Waals surface area contributed by atoms with E-state index in [0.29, 0.717) is 12.0 Å². The van der Waals surface area contributed by atoms with E-state index >= 15 is 0 Å². The molecule has 2 fully saturated rings. The van der Waals surface area contributed by atoms with Crippen molar-refractivity contribution in [3.05, 3.63) is 0 Å². The van der Waals surface area contributed by atoms with Crippen molar-refractivity contribution in [3.63, 3.8) is 0 Å². The highest BCUT2D eigenvalue weighted by atomic mass is 35.5. The zero-order chi connectivity index (χ0) is 8.72. The number of rotatable bonds is 1. The van der Waals surface area contributed by atoms with Crippen LogP contribution in [-0.2, 0) is 4.79 Å². The second kappa shape index (κ2) is 3.52. The molecule has 2 N–H and O–H groups in total. The van der Waals surface area contributed by atoms with Crippen LogP contribution in [0, 0.1) is 17.2 Å². The molecule has 2 aliphatic rings. The Kier molecular flexibility index (Phi) is 2.79. The van der Waals surface area contributed by atoms with E-state index in [1.165, 1.54) is 0 Å². The van der Waals surface area contributed by atoms with Gasteiger partial charge < -0.3 is 10.6 Å². The number of nitrogens with zero attached hydrogens (tertiary/aromatic N) is 2.